The van der Waals surface area contributed by atoms with E-state index in [9.17, 15) is 0 Å². The third-order valence-corrected chi connectivity index (χ3v) is 2.09. The quantitative estimate of drug-likeness (QED) is 0.630. The molecule has 60 valence electrons. The smallest absolute Gasteiger partial charge is 0.0376 e. The number of rotatable bonds is 0. The van der Waals surface area contributed by atoms with Gasteiger partial charge >= 0.3 is 0 Å². The zero-order chi connectivity index (χ0) is 6.97. The van der Waals surface area contributed by atoms with Crippen molar-refractivity contribution >= 4 is 18.1 Å². The molecule has 1 aromatic carbocycles. The third-order valence-electron chi connectivity index (χ3n) is 2.09. The molecule has 2 heteroatoms. The largest absolute Gasteiger partial charge is 0.384 e. The van der Waals surface area contributed by atoms with Crippen molar-refractivity contribution in [2.24, 2.45) is 0 Å². The molecule has 1 aromatic rings. The average Bonchev–Trinajstić information content (AvgIpc) is 2.34. The summed E-state index contributed by atoms with van der Waals surface area (Å²) in [6.45, 7) is 3.35. The molecular weight excluding hydrogens is 158 g/mol. The van der Waals surface area contributed by atoms with Gasteiger partial charge in [-0.1, -0.05) is 25.1 Å². The highest BCUT2D eigenvalue weighted by Crippen LogP contribution is 2.29. The molecule has 1 heterocycles. The van der Waals surface area contributed by atoms with Gasteiger partial charge in [0.1, 0.15) is 0 Å². The van der Waals surface area contributed by atoms with Gasteiger partial charge in [-0.3, -0.25) is 0 Å². The molecule has 11 heavy (non-hydrogen) atoms. The van der Waals surface area contributed by atoms with Crippen LogP contribution in [0.25, 0.3) is 0 Å². The van der Waals surface area contributed by atoms with E-state index in [4.69, 9.17) is 0 Å². The molecule has 1 unspecified atom stereocenters. The number of para-hydroxylation sites is 1. The molecule has 1 nitrogen and oxygen atoms in total. The highest BCUT2D eigenvalue weighted by atomic mass is 35.5. The minimum atomic E-state index is 0. The minimum absolute atomic E-state index is 0. The van der Waals surface area contributed by atoms with Crippen LogP contribution in [-0.4, -0.2) is 6.54 Å². The first kappa shape index (κ1) is 8.41. The van der Waals surface area contributed by atoms with Crippen LogP contribution in [-0.2, 0) is 0 Å². The number of hydrogen-bond acceptors (Lipinski definition) is 1. The topological polar surface area (TPSA) is 12.0 Å². The number of benzene rings is 1. The second-order valence-electron chi connectivity index (χ2n) is 2.87. The maximum Gasteiger partial charge on any atom is 0.0376 e. The van der Waals surface area contributed by atoms with E-state index in [-0.39, 0.29) is 12.4 Å². The summed E-state index contributed by atoms with van der Waals surface area (Å²) >= 11 is 0. The monoisotopic (exact) mass is 169 g/mol. The van der Waals surface area contributed by atoms with E-state index in [0.29, 0.717) is 5.92 Å². The van der Waals surface area contributed by atoms with Gasteiger partial charge in [0.25, 0.3) is 0 Å². The Balaban J connectivity index is 0.000000605. The van der Waals surface area contributed by atoms with Gasteiger partial charge in [0.05, 0.1) is 0 Å². The van der Waals surface area contributed by atoms with Gasteiger partial charge < -0.3 is 5.32 Å². The summed E-state index contributed by atoms with van der Waals surface area (Å²) in [4.78, 5) is 0. The van der Waals surface area contributed by atoms with Crippen LogP contribution in [0.2, 0.25) is 0 Å². The van der Waals surface area contributed by atoms with Gasteiger partial charge in [0.2, 0.25) is 0 Å². The van der Waals surface area contributed by atoms with Crippen LogP contribution in [0.15, 0.2) is 24.3 Å². The van der Waals surface area contributed by atoms with Gasteiger partial charge in [0, 0.05) is 18.2 Å². The summed E-state index contributed by atoms with van der Waals surface area (Å²) in [6.07, 6.45) is 0. The standard InChI is InChI=1S/C9H11N.ClH/c1-7-6-10-9-5-3-2-4-8(7)9;/h2-5,7,10H,6H2,1H3;1H. The molecular formula is C9H12ClN. The molecule has 0 saturated heterocycles. The van der Waals surface area contributed by atoms with Crippen LogP contribution >= 0.6 is 12.4 Å². The van der Waals surface area contributed by atoms with Crippen molar-refractivity contribution in [3.05, 3.63) is 29.8 Å². The Morgan fingerprint density at radius 2 is 2.09 bits per heavy atom. The lowest BCUT2D eigenvalue weighted by Crippen LogP contribution is -1.95. The predicted octanol–water partition coefficient (Wildman–Crippen LogP) is 2.64. The van der Waals surface area contributed by atoms with Crippen molar-refractivity contribution in [3.8, 4) is 0 Å². The van der Waals surface area contributed by atoms with Crippen LogP contribution in [0.5, 0.6) is 0 Å². The van der Waals surface area contributed by atoms with E-state index >= 15 is 0 Å². The summed E-state index contributed by atoms with van der Waals surface area (Å²) in [5.41, 5.74) is 2.78. The van der Waals surface area contributed by atoms with Crippen molar-refractivity contribution < 1.29 is 0 Å². The van der Waals surface area contributed by atoms with E-state index in [1.54, 1.807) is 0 Å². The summed E-state index contributed by atoms with van der Waals surface area (Å²) in [5, 5.41) is 3.35. The van der Waals surface area contributed by atoms with E-state index in [1.165, 1.54) is 11.3 Å². The third kappa shape index (κ3) is 1.33. The fourth-order valence-corrected chi connectivity index (χ4v) is 1.46. The molecule has 2 rings (SSSR count). The number of hydrogen-bond donors (Lipinski definition) is 1. The summed E-state index contributed by atoms with van der Waals surface area (Å²) in [5.74, 6) is 0.691. The Hall–Kier alpha value is -0.690. The maximum absolute atomic E-state index is 3.35. The summed E-state index contributed by atoms with van der Waals surface area (Å²) in [7, 11) is 0. The van der Waals surface area contributed by atoms with Crippen LogP contribution < -0.4 is 5.32 Å². The number of fused-ring (bicyclic) bond motifs is 1. The number of halogens is 1. The van der Waals surface area contributed by atoms with Crippen molar-refractivity contribution in [1.82, 2.24) is 0 Å². The number of anilines is 1. The van der Waals surface area contributed by atoms with Gasteiger partial charge in [-0.05, 0) is 11.6 Å². The van der Waals surface area contributed by atoms with E-state index in [2.05, 4.69) is 36.5 Å². The Bertz CT molecular complexity index is 247. The Kier molecular flexibility index (Phi) is 2.40. The fourth-order valence-electron chi connectivity index (χ4n) is 1.46. The highest BCUT2D eigenvalue weighted by Gasteiger charge is 2.15. The van der Waals surface area contributed by atoms with Gasteiger partial charge in [0.15, 0.2) is 0 Å². The first-order valence-electron chi connectivity index (χ1n) is 3.71. The first-order chi connectivity index (χ1) is 4.88. The van der Waals surface area contributed by atoms with Crippen molar-refractivity contribution in [2.75, 3.05) is 11.9 Å². The van der Waals surface area contributed by atoms with Gasteiger partial charge in [-0.2, -0.15) is 0 Å². The molecule has 1 atom stereocenters. The van der Waals surface area contributed by atoms with Crippen LogP contribution in [0.3, 0.4) is 0 Å². The maximum atomic E-state index is 3.35. The summed E-state index contributed by atoms with van der Waals surface area (Å²) < 4.78 is 0. The van der Waals surface area contributed by atoms with Crippen LogP contribution in [0.4, 0.5) is 5.69 Å². The molecule has 0 saturated carbocycles. The molecule has 0 amide bonds. The lowest BCUT2D eigenvalue weighted by atomic mass is 10.0. The molecule has 1 aliphatic heterocycles. The molecule has 0 aromatic heterocycles. The van der Waals surface area contributed by atoms with E-state index in [0.717, 1.165) is 6.54 Å². The van der Waals surface area contributed by atoms with Crippen LogP contribution in [0, 0.1) is 0 Å². The van der Waals surface area contributed by atoms with Gasteiger partial charge in [-0.25, -0.2) is 0 Å². The summed E-state index contributed by atoms with van der Waals surface area (Å²) in [6, 6.07) is 8.50. The SMILES string of the molecule is CC1CNc2ccccc21.Cl. The molecule has 0 aliphatic carbocycles. The molecule has 1 aliphatic rings. The molecule has 1 N–H and O–H groups in total. The van der Waals surface area contributed by atoms with E-state index < -0.39 is 0 Å². The fraction of sp³-hybridized carbons (Fsp3) is 0.333. The van der Waals surface area contributed by atoms with E-state index in [1.807, 2.05) is 0 Å². The second kappa shape index (κ2) is 3.14. The minimum Gasteiger partial charge on any atom is -0.384 e. The van der Waals surface area contributed by atoms with Gasteiger partial charge in [-0.15, -0.1) is 12.4 Å². The zero-order valence-electron chi connectivity index (χ0n) is 6.50. The highest BCUT2D eigenvalue weighted by molar-refractivity contribution is 5.85. The predicted molar refractivity (Wildman–Crippen MR) is 50.6 cm³/mol. The molecule has 0 radical (unpaired) electrons. The van der Waals surface area contributed by atoms with Crippen molar-refractivity contribution in [3.63, 3.8) is 0 Å². The van der Waals surface area contributed by atoms with Crippen molar-refractivity contribution in [1.29, 1.82) is 0 Å². The normalized spacial score (nSPS) is 19.9. The lowest BCUT2D eigenvalue weighted by Gasteiger charge is -1.98. The number of nitrogens with one attached hydrogen (secondary N) is 1. The van der Waals surface area contributed by atoms with Crippen molar-refractivity contribution in [2.45, 2.75) is 12.8 Å². The Morgan fingerprint density at radius 1 is 1.36 bits per heavy atom. The average molecular weight is 170 g/mol. The first-order valence-corrected chi connectivity index (χ1v) is 3.71. The Labute approximate surface area is 73.2 Å². The zero-order valence-corrected chi connectivity index (χ0v) is 7.32. The molecule has 0 fully saturated rings. The Morgan fingerprint density at radius 3 is 2.82 bits per heavy atom. The molecule has 0 spiro atoms. The molecule has 0 bridgehead atoms. The van der Waals surface area contributed by atoms with Crippen LogP contribution in [0.1, 0.15) is 18.4 Å². The second-order valence-corrected chi connectivity index (χ2v) is 2.87. The lowest BCUT2D eigenvalue weighted by molar-refractivity contribution is 0.854.